The Morgan fingerprint density at radius 1 is 1.06 bits per heavy atom. The first kappa shape index (κ1) is 10.3. The molecular formula is C15H16N2. The zero-order valence-electron chi connectivity index (χ0n) is 9.71. The van der Waals surface area contributed by atoms with Crippen LogP contribution in [0, 0.1) is 5.92 Å². The van der Waals surface area contributed by atoms with Crippen molar-refractivity contribution in [2.24, 2.45) is 5.92 Å². The van der Waals surface area contributed by atoms with Gasteiger partial charge in [0.1, 0.15) is 0 Å². The molecule has 17 heavy (non-hydrogen) atoms. The van der Waals surface area contributed by atoms with Gasteiger partial charge in [-0.1, -0.05) is 30.3 Å². The van der Waals surface area contributed by atoms with Gasteiger partial charge in [-0.25, -0.2) is 0 Å². The summed E-state index contributed by atoms with van der Waals surface area (Å²) in [6.07, 6.45) is 6.35. The van der Waals surface area contributed by atoms with E-state index in [4.69, 9.17) is 0 Å². The number of hydrogen-bond acceptors (Lipinski definition) is 2. The molecule has 1 aromatic carbocycles. The SMILES string of the molecule is c1ccc(C(Nc2cccnc2)C2CC2)cc1. The molecule has 0 saturated heterocycles. The molecule has 1 aliphatic rings. The second-order valence-corrected chi connectivity index (χ2v) is 4.61. The lowest BCUT2D eigenvalue weighted by molar-refractivity contribution is 0.678. The van der Waals surface area contributed by atoms with E-state index in [1.807, 2.05) is 12.3 Å². The van der Waals surface area contributed by atoms with Gasteiger partial charge in [0, 0.05) is 12.4 Å². The first-order chi connectivity index (χ1) is 8.43. The van der Waals surface area contributed by atoms with E-state index in [1.54, 1.807) is 6.20 Å². The average Bonchev–Trinajstić information content (AvgIpc) is 3.23. The van der Waals surface area contributed by atoms with Crippen molar-refractivity contribution in [3.63, 3.8) is 0 Å². The molecule has 86 valence electrons. The Labute approximate surface area is 102 Å². The third-order valence-electron chi connectivity index (χ3n) is 3.24. The Balaban J connectivity index is 1.82. The van der Waals surface area contributed by atoms with Crippen molar-refractivity contribution in [3.05, 3.63) is 60.4 Å². The second kappa shape index (κ2) is 4.58. The summed E-state index contributed by atoms with van der Waals surface area (Å²) >= 11 is 0. The molecule has 2 heteroatoms. The van der Waals surface area contributed by atoms with E-state index >= 15 is 0 Å². The van der Waals surface area contributed by atoms with Crippen LogP contribution in [0.5, 0.6) is 0 Å². The molecule has 2 aromatic rings. The van der Waals surface area contributed by atoms with E-state index in [-0.39, 0.29) is 0 Å². The molecule has 0 radical (unpaired) electrons. The second-order valence-electron chi connectivity index (χ2n) is 4.61. The first-order valence-corrected chi connectivity index (χ1v) is 6.15. The van der Waals surface area contributed by atoms with Crippen LogP contribution in [-0.2, 0) is 0 Å². The molecule has 3 rings (SSSR count). The van der Waals surface area contributed by atoms with E-state index in [0.29, 0.717) is 6.04 Å². The van der Waals surface area contributed by atoms with Gasteiger partial charge in [0.25, 0.3) is 0 Å². The van der Waals surface area contributed by atoms with Crippen molar-refractivity contribution < 1.29 is 0 Å². The third-order valence-corrected chi connectivity index (χ3v) is 3.24. The standard InChI is InChI=1S/C15H16N2/c1-2-5-12(6-3-1)15(13-8-9-13)17-14-7-4-10-16-11-14/h1-7,10-11,13,15,17H,8-9H2. The fourth-order valence-corrected chi connectivity index (χ4v) is 2.19. The van der Waals surface area contributed by atoms with E-state index in [9.17, 15) is 0 Å². The smallest absolute Gasteiger partial charge is 0.0542 e. The number of hydrogen-bond donors (Lipinski definition) is 1. The molecule has 0 spiro atoms. The lowest BCUT2D eigenvalue weighted by atomic mass is 10.0. The van der Waals surface area contributed by atoms with Crippen molar-refractivity contribution in [2.75, 3.05) is 5.32 Å². The van der Waals surface area contributed by atoms with E-state index in [1.165, 1.54) is 18.4 Å². The topological polar surface area (TPSA) is 24.9 Å². The Kier molecular flexibility index (Phi) is 2.78. The molecule has 1 aromatic heterocycles. The number of anilines is 1. The fraction of sp³-hybridized carbons (Fsp3) is 0.267. The number of benzene rings is 1. The summed E-state index contributed by atoms with van der Waals surface area (Å²) in [5.74, 6) is 0.776. The van der Waals surface area contributed by atoms with Crippen LogP contribution in [-0.4, -0.2) is 4.98 Å². The van der Waals surface area contributed by atoms with Crippen LogP contribution < -0.4 is 5.32 Å². The molecule has 1 heterocycles. The maximum absolute atomic E-state index is 4.15. The molecule has 0 amide bonds. The zero-order chi connectivity index (χ0) is 11.5. The summed E-state index contributed by atoms with van der Waals surface area (Å²) in [6, 6.07) is 15.2. The van der Waals surface area contributed by atoms with Crippen LogP contribution in [0.25, 0.3) is 0 Å². The predicted molar refractivity (Wildman–Crippen MR) is 69.8 cm³/mol. The number of nitrogens with zero attached hydrogens (tertiary/aromatic N) is 1. The fourth-order valence-electron chi connectivity index (χ4n) is 2.19. The maximum Gasteiger partial charge on any atom is 0.0542 e. The van der Waals surface area contributed by atoms with E-state index < -0.39 is 0 Å². The van der Waals surface area contributed by atoms with Gasteiger partial charge in [-0.15, -0.1) is 0 Å². The minimum Gasteiger partial charge on any atom is -0.377 e. The number of pyridine rings is 1. The Hall–Kier alpha value is -1.83. The maximum atomic E-state index is 4.15. The number of rotatable bonds is 4. The normalized spacial score (nSPS) is 16.5. The molecule has 1 fully saturated rings. The van der Waals surface area contributed by atoms with Crippen molar-refractivity contribution in [1.82, 2.24) is 4.98 Å². The van der Waals surface area contributed by atoms with Gasteiger partial charge in [-0.2, -0.15) is 0 Å². The molecule has 1 unspecified atom stereocenters. The molecule has 0 aliphatic heterocycles. The van der Waals surface area contributed by atoms with E-state index in [0.717, 1.165) is 11.6 Å². The highest BCUT2D eigenvalue weighted by atomic mass is 14.9. The largest absolute Gasteiger partial charge is 0.377 e. The van der Waals surface area contributed by atoms with Gasteiger partial charge < -0.3 is 5.32 Å². The highest BCUT2D eigenvalue weighted by Crippen LogP contribution is 2.42. The first-order valence-electron chi connectivity index (χ1n) is 6.15. The summed E-state index contributed by atoms with van der Waals surface area (Å²) < 4.78 is 0. The molecule has 2 nitrogen and oxygen atoms in total. The van der Waals surface area contributed by atoms with Crippen LogP contribution in [0.3, 0.4) is 0 Å². The van der Waals surface area contributed by atoms with Crippen molar-refractivity contribution >= 4 is 5.69 Å². The predicted octanol–water partition coefficient (Wildman–Crippen LogP) is 3.64. The van der Waals surface area contributed by atoms with Crippen LogP contribution in [0.4, 0.5) is 5.69 Å². The Morgan fingerprint density at radius 3 is 2.53 bits per heavy atom. The summed E-state index contributed by atoms with van der Waals surface area (Å²) in [5, 5.41) is 3.59. The van der Waals surface area contributed by atoms with Crippen LogP contribution >= 0.6 is 0 Å². The summed E-state index contributed by atoms with van der Waals surface area (Å²) in [4.78, 5) is 4.15. The van der Waals surface area contributed by atoms with Gasteiger partial charge in [0.15, 0.2) is 0 Å². The molecular weight excluding hydrogens is 208 g/mol. The van der Waals surface area contributed by atoms with Gasteiger partial charge in [-0.05, 0) is 36.5 Å². The Bertz CT molecular complexity index is 463. The minimum absolute atomic E-state index is 0.431. The lowest BCUT2D eigenvalue weighted by Gasteiger charge is -2.19. The van der Waals surface area contributed by atoms with Gasteiger partial charge in [0.2, 0.25) is 0 Å². The molecule has 1 N–H and O–H groups in total. The third kappa shape index (κ3) is 2.47. The number of nitrogens with one attached hydrogen (secondary N) is 1. The quantitative estimate of drug-likeness (QED) is 0.857. The van der Waals surface area contributed by atoms with Crippen molar-refractivity contribution in [3.8, 4) is 0 Å². The van der Waals surface area contributed by atoms with Gasteiger partial charge in [0.05, 0.1) is 11.7 Å². The van der Waals surface area contributed by atoms with Gasteiger partial charge >= 0.3 is 0 Å². The van der Waals surface area contributed by atoms with Crippen LogP contribution in [0.2, 0.25) is 0 Å². The Morgan fingerprint density at radius 2 is 1.88 bits per heavy atom. The van der Waals surface area contributed by atoms with E-state index in [2.05, 4.69) is 46.7 Å². The molecule has 1 saturated carbocycles. The highest BCUT2D eigenvalue weighted by molar-refractivity contribution is 5.43. The van der Waals surface area contributed by atoms with Gasteiger partial charge in [-0.3, -0.25) is 4.98 Å². The molecule has 1 atom stereocenters. The average molecular weight is 224 g/mol. The number of aromatic nitrogens is 1. The highest BCUT2D eigenvalue weighted by Gasteiger charge is 2.32. The van der Waals surface area contributed by atoms with Crippen molar-refractivity contribution in [1.29, 1.82) is 0 Å². The monoisotopic (exact) mass is 224 g/mol. The summed E-state index contributed by atoms with van der Waals surface area (Å²) in [5.41, 5.74) is 2.48. The summed E-state index contributed by atoms with van der Waals surface area (Å²) in [7, 11) is 0. The lowest BCUT2D eigenvalue weighted by Crippen LogP contribution is -2.12. The van der Waals surface area contributed by atoms with Crippen LogP contribution in [0.15, 0.2) is 54.9 Å². The van der Waals surface area contributed by atoms with Crippen molar-refractivity contribution in [2.45, 2.75) is 18.9 Å². The zero-order valence-corrected chi connectivity index (χ0v) is 9.71. The minimum atomic E-state index is 0.431. The van der Waals surface area contributed by atoms with Crippen LogP contribution in [0.1, 0.15) is 24.4 Å². The molecule has 1 aliphatic carbocycles. The molecule has 0 bridgehead atoms. The summed E-state index contributed by atoms with van der Waals surface area (Å²) in [6.45, 7) is 0.